The van der Waals surface area contributed by atoms with Crippen molar-refractivity contribution in [2.45, 2.75) is 12.5 Å². The van der Waals surface area contributed by atoms with E-state index in [1.165, 1.54) is 25.3 Å². The number of hydrogen-bond acceptors (Lipinski definition) is 4. The molecule has 1 N–H and O–H groups in total. The van der Waals surface area contributed by atoms with E-state index in [0.29, 0.717) is 24.3 Å². The lowest BCUT2D eigenvalue weighted by atomic mass is 10.0. The number of ether oxygens (including phenoxy) is 1. The molecule has 23 heavy (non-hydrogen) atoms. The second-order valence-electron chi connectivity index (χ2n) is 5.18. The fourth-order valence-corrected chi connectivity index (χ4v) is 2.44. The molecule has 1 heterocycles. The molecule has 0 aliphatic heterocycles. The Bertz CT molecular complexity index is 664. The maximum absolute atomic E-state index is 13.5. The first-order chi connectivity index (χ1) is 11.0. The molecular formula is C17H19FN2O3. The highest BCUT2D eigenvalue weighted by Crippen LogP contribution is 2.30. The number of carboxylic acids is 1. The second-order valence-corrected chi connectivity index (χ2v) is 5.18. The summed E-state index contributed by atoms with van der Waals surface area (Å²) in [6.45, 7) is 0.466. The number of hydrogen-bond donors (Lipinski definition) is 1. The Labute approximate surface area is 134 Å². The Morgan fingerprint density at radius 3 is 2.78 bits per heavy atom. The van der Waals surface area contributed by atoms with Gasteiger partial charge in [-0.05, 0) is 37.4 Å². The molecule has 0 amide bonds. The van der Waals surface area contributed by atoms with Crippen LogP contribution in [0.1, 0.15) is 17.3 Å². The van der Waals surface area contributed by atoms with Crippen LogP contribution >= 0.6 is 0 Å². The van der Waals surface area contributed by atoms with Gasteiger partial charge in [0.15, 0.2) is 0 Å². The number of carbonyl (C=O) groups is 1. The highest BCUT2D eigenvalue weighted by molar-refractivity contribution is 5.76. The van der Waals surface area contributed by atoms with Gasteiger partial charge in [0.1, 0.15) is 17.6 Å². The smallest absolute Gasteiger partial charge is 0.325 e. The van der Waals surface area contributed by atoms with Crippen molar-refractivity contribution in [2.24, 2.45) is 0 Å². The van der Waals surface area contributed by atoms with Crippen molar-refractivity contribution in [2.75, 3.05) is 20.7 Å². The van der Waals surface area contributed by atoms with Crippen molar-refractivity contribution in [3.05, 3.63) is 59.7 Å². The third kappa shape index (κ3) is 4.26. The zero-order chi connectivity index (χ0) is 16.8. The number of halogens is 1. The first-order valence-corrected chi connectivity index (χ1v) is 7.19. The zero-order valence-electron chi connectivity index (χ0n) is 13.1. The minimum atomic E-state index is -1.06. The van der Waals surface area contributed by atoms with E-state index in [4.69, 9.17) is 4.74 Å². The SMILES string of the molecule is COc1ccc(F)cc1C(C(=O)O)N(C)CCc1ccccn1. The number of aliphatic carboxylic acids is 1. The van der Waals surface area contributed by atoms with Crippen molar-refractivity contribution in [3.8, 4) is 5.75 Å². The maximum Gasteiger partial charge on any atom is 0.325 e. The van der Waals surface area contributed by atoms with E-state index >= 15 is 0 Å². The lowest BCUT2D eigenvalue weighted by molar-refractivity contribution is -0.143. The van der Waals surface area contributed by atoms with Gasteiger partial charge in [-0.2, -0.15) is 0 Å². The van der Waals surface area contributed by atoms with Gasteiger partial charge in [0.2, 0.25) is 0 Å². The lowest BCUT2D eigenvalue weighted by Gasteiger charge is -2.26. The molecule has 0 spiro atoms. The average molecular weight is 318 g/mol. The number of likely N-dealkylation sites (N-methyl/N-ethyl adjacent to an activating group) is 1. The molecule has 1 aromatic carbocycles. The normalized spacial score (nSPS) is 12.2. The van der Waals surface area contributed by atoms with Crippen molar-refractivity contribution in [1.29, 1.82) is 0 Å². The third-order valence-corrected chi connectivity index (χ3v) is 3.61. The van der Waals surface area contributed by atoms with Crippen LogP contribution in [0.4, 0.5) is 4.39 Å². The summed E-state index contributed by atoms with van der Waals surface area (Å²) in [4.78, 5) is 17.6. The number of nitrogens with zero attached hydrogens (tertiary/aromatic N) is 2. The number of benzene rings is 1. The molecule has 5 nitrogen and oxygen atoms in total. The van der Waals surface area contributed by atoms with Gasteiger partial charge in [0, 0.05) is 30.4 Å². The molecule has 0 radical (unpaired) electrons. The molecule has 1 atom stereocenters. The predicted molar refractivity (Wildman–Crippen MR) is 83.9 cm³/mol. The maximum atomic E-state index is 13.5. The molecule has 2 aromatic rings. The summed E-state index contributed by atoms with van der Waals surface area (Å²) in [5.41, 5.74) is 1.17. The van der Waals surface area contributed by atoms with Crippen molar-refractivity contribution in [1.82, 2.24) is 9.88 Å². The van der Waals surface area contributed by atoms with Crippen LogP contribution in [0.5, 0.6) is 5.75 Å². The van der Waals surface area contributed by atoms with Gasteiger partial charge in [-0.3, -0.25) is 14.7 Å². The number of methoxy groups -OCH3 is 1. The van der Waals surface area contributed by atoms with E-state index < -0.39 is 17.8 Å². The van der Waals surface area contributed by atoms with E-state index in [-0.39, 0.29) is 0 Å². The molecule has 0 saturated heterocycles. The van der Waals surface area contributed by atoms with Crippen molar-refractivity contribution < 1.29 is 19.0 Å². The van der Waals surface area contributed by atoms with Gasteiger partial charge in [0.25, 0.3) is 0 Å². The van der Waals surface area contributed by atoms with Gasteiger partial charge in [-0.1, -0.05) is 6.07 Å². The first kappa shape index (κ1) is 16.9. The quantitative estimate of drug-likeness (QED) is 0.850. The van der Waals surface area contributed by atoms with Gasteiger partial charge < -0.3 is 9.84 Å². The van der Waals surface area contributed by atoms with E-state index in [2.05, 4.69) is 4.98 Å². The molecule has 0 aliphatic rings. The highest BCUT2D eigenvalue weighted by Gasteiger charge is 2.28. The summed E-state index contributed by atoms with van der Waals surface area (Å²) in [7, 11) is 3.12. The average Bonchev–Trinajstić information content (AvgIpc) is 2.54. The predicted octanol–water partition coefficient (Wildman–Crippen LogP) is 2.53. The Balaban J connectivity index is 2.21. The second kappa shape index (κ2) is 7.69. The third-order valence-electron chi connectivity index (χ3n) is 3.61. The fraction of sp³-hybridized carbons (Fsp3) is 0.294. The largest absolute Gasteiger partial charge is 0.496 e. The van der Waals surface area contributed by atoms with Crippen molar-refractivity contribution >= 4 is 5.97 Å². The standard InChI is InChI=1S/C17H19FN2O3/c1-20(10-8-13-5-3-4-9-19-13)16(17(21)22)14-11-12(18)6-7-15(14)23-2/h3-7,9,11,16H,8,10H2,1-2H3,(H,21,22). The summed E-state index contributed by atoms with van der Waals surface area (Å²) < 4.78 is 18.7. The topological polar surface area (TPSA) is 62.7 Å². The summed E-state index contributed by atoms with van der Waals surface area (Å²) in [5, 5.41) is 9.57. The molecule has 0 saturated carbocycles. The van der Waals surface area contributed by atoms with Gasteiger partial charge in [-0.15, -0.1) is 0 Å². The van der Waals surface area contributed by atoms with Crippen LogP contribution in [0.2, 0.25) is 0 Å². The van der Waals surface area contributed by atoms with Crippen LogP contribution < -0.4 is 4.74 Å². The summed E-state index contributed by atoms with van der Waals surface area (Å²) >= 11 is 0. The minimum absolute atomic E-state index is 0.295. The molecule has 0 aliphatic carbocycles. The van der Waals surface area contributed by atoms with Crippen LogP contribution in [0.25, 0.3) is 0 Å². The van der Waals surface area contributed by atoms with Crippen LogP contribution in [0, 0.1) is 5.82 Å². The summed E-state index contributed by atoms with van der Waals surface area (Å²) in [5.74, 6) is -1.20. The summed E-state index contributed by atoms with van der Waals surface area (Å²) in [6, 6.07) is 8.48. The van der Waals surface area contributed by atoms with Crippen molar-refractivity contribution in [3.63, 3.8) is 0 Å². The molecule has 6 heteroatoms. The number of rotatable bonds is 7. The van der Waals surface area contributed by atoms with E-state index in [1.54, 1.807) is 18.1 Å². The van der Waals surface area contributed by atoms with Gasteiger partial charge >= 0.3 is 5.97 Å². The molecule has 0 bridgehead atoms. The molecule has 1 unspecified atom stereocenters. The highest BCUT2D eigenvalue weighted by atomic mass is 19.1. The van der Waals surface area contributed by atoms with E-state index in [1.807, 2.05) is 18.2 Å². The Morgan fingerprint density at radius 2 is 2.17 bits per heavy atom. The molecule has 1 aromatic heterocycles. The first-order valence-electron chi connectivity index (χ1n) is 7.19. The minimum Gasteiger partial charge on any atom is -0.496 e. The molecule has 0 fully saturated rings. The monoisotopic (exact) mass is 318 g/mol. The van der Waals surface area contributed by atoms with Crippen LogP contribution in [0.15, 0.2) is 42.6 Å². The number of aromatic nitrogens is 1. The van der Waals surface area contributed by atoms with Gasteiger partial charge in [-0.25, -0.2) is 4.39 Å². The van der Waals surface area contributed by atoms with Crippen LogP contribution in [0.3, 0.4) is 0 Å². The van der Waals surface area contributed by atoms with Gasteiger partial charge in [0.05, 0.1) is 7.11 Å². The summed E-state index contributed by atoms with van der Waals surface area (Å²) in [6.07, 6.45) is 2.29. The number of carboxylic acid groups (broad SMARTS) is 1. The van der Waals surface area contributed by atoms with Crippen LogP contribution in [-0.4, -0.2) is 41.7 Å². The Hall–Kier alpha value is -2.47. The number of pyridine rings is 1. The van der Waals surface area contributed by atoms with Crippen LogP contribution in [-0.2, 0) is 11.2 Å². The lowest BCUT2D eigenvalue weighted by Crippen LogP contribution is -2.33. The fourth-order valence-electron chi connectivity index (χ4n) is 2.44. The van der Waals surface area contributed by atoms with E-state index in [0.717, 1.165) is 5.69 Å². The Kier molecular flexibility index (Phi) is 5.65. The zero-order valence-corrected chi connectivity index (χ0v) is 13.1. The molecule has 122 valence electrons. The van der Waals surface area contributed by atoms with E-state index in [9.17, 15) is 14.3 Å². The molecule has 2 rings (SSSR count). The molecular weight excluding hydrogens is 299 g/mol. The Morgan fingerprint density at radius 1 is 1.39 bits per heavy atom.